The third-order valence-electron chi connectivity index (χ3n) is 4.23. The summed E-state index contributed by atoms with van der Waals surface area (Å²) in [5.74, 6) is 0.316. The van der Waals surface area contributed by atoms with Gasteiger partial charge < -0.3 is 20.2 Å². The SMILES string of the molecule is CC(CO)(NC(=O)Nc1cc(-c2ccco2)ccc1F)C1CC1. The zero-order valence-corrected chi connectivity index (χ0v) is 12.8. The van der Waals surface area contributed by atoms with Gasteiger partial charge in [-0.15, -0.1) is 0 Å². The number of furan rings is 1. The predicted octanol–water partition coefficient (Wildman–Crippen LogP) is 3.37. The molecule has 1 unspecified atom stereocenters. The third-order valence-corrected chi connectivity index (χ3v) is 4.23. The minimum absolute atomic E-state index is 0.0625. The summed E-state index contributed by atoms with van der Waals surface area (Å²) in [6.45, 7) is 1.64. The van der Waals surface area contributed by atoms with E-state index in [2.05, 4.69) is 10.6 Å². The molecule has 6 heteroatoms. The maximum absolute atomic E-state index is 13.9. The summed E-state index contributed by atoms with van der Waals surface area (Å²) in [4.78, 5) is 12.1. The lowest BCUT2D eigenvalue weighted by Crippen LogP contribution is -2.52. The number of benzene rings is 1. The van der Waals surface area contributed by atoms with Crippen molar-refractivity contribution in [2.75, 3.05) is 11.9 Å². The predicted molar refractivity (Wildman–Crippen MR) is 84.5 cm³/mol. The van der Waals surface area contributed by atoms with Crippen molar-refractivity contribution in [3.63, 3.8) is 0 Å². The first-order chi connectivity index (χ1) is 11.0. The van der Waals surface area contributed by atoms with Gasteiger partial charge in [0.2, 0.25) is 0 Å². The fourth-order valence-electron chi connectivity index (χ4n) is 2.62. The first-order valence-corrected chi connectivity index (χ1v) is 7.55. The number of hydrogen-bond donors (Lipinski definition) is 3. The molecule has 1 aromatic heterocycles. The number of urea groups is 1. The summed E-state index contributed by atoms with van der Waals surface area (Å²) in [5, 5.41) is 14.8. The fraction of sp³-hybridized carbons (Fsp3) is 0.353. The summed E-state index contributed by atoms with van der Waals surface area (Å²) in [5.41, 5.74) is 0.0467. The number of carbonyl (C=O) groups excluding carboxylic acids is 1. The molecule has 0 aliphatic heterocycles. The Morgan fingerprint density at radius 1 is 1.43 bits per heavy atom. The monoisotopic (exact) mass is 318 g/mol. The molecule has 2 amide bonds. The second kappa shape index (κ2) is 6.04. The minimum Gasteiger partial charge on any atom is -0.464 e. The molecule has 3 rings (SSSR count). The van der Waals surface area contributed by atoms with Crippen molar-refractivity contribution < 1.29 is 18.7 Å². The van der Waals surface area contributed by atoms with E-state index in [-0.39, 0.29) is 18.2 Å². The molecule has 23 heavy (non-hydrogen) atoms. The Labute approximate surface area is 133 Å². The Kier molecular flexibility index (Phi) is 4.09. The maximum Gasteiger partial charge on any atom is 0.319 e. The third kappa shape index (κ3) is 3.37. The first-order valence-electron chi connectivity index (χ1n) is 7.55. The Bertz CT molecular complexity index is 698. The number of aliphatic hydroxyl groups is 1. The molecule has 1 saturated carbocycles. The number of amides is 2. The summed E-state index contributed by atoms with van der Waals surface area (Å²) in [6.07, 6.45) is 3.47. The number of hydrogen-bond acceptors (Lipinski definition) is 3. The maximum atomic E-state index is 13.9. The summed E-state index contributed by atoms with van der Waals surface area (Å²) < 4.78 is 19.2. The van der Waals surface area contributed by atoms with E-state index in [4.69, 9.17) is 4.42 Å². The molecule has 1 atom stereocenters. The van der Waals surface area contributed by atoms with Crippen LogP contribution >= 0.6 is 0 Å². The standard InChI is InChI=1S/C17H19FN2O3/c1-17(10-21,12-5-6-12)20-16(22)19-14-9-11(4-7-13(14)18)15-3-2-8-23-15/h2-4,7-9,12,21H,5-6,10H2,1H3,(H2,19,20,22). The van der Waals surface area contributed by atoms with Crippen LogP contribution < -0.4 is 10.6 Å². The van der Waals surface area contributed by atoms with Crippen LogP contribution in [-0.2, 0) is 0 Å². The topological polar surface area (TPSA) is 74.5 Å². The van der Waals surface area contributed by atoms with Gasteiger partial charge in [-0.1, -0.05) is 0 Å². The molecule has 1 aliphatic carbocycles. The van der Waals surface area contributed by atoms with Crippen molar-refractivity contribution in [1.82, 2.24) is 5.32 Å². The van der Waals surface area contributed by atoms with Crippen molar-refractivity contribution in [3.05, 3.63) is 42.4 Å². The van der Waals surface area contributed by atoms with Gasteiger partial charge in [-0.25, -0.2) is 9.18 Å². The molecule has 0 spiro atoms. The molecule has 1 fully saturated rings. The highest BCUT2D eigenvalue weighted by molar-refractivity contribution is 5.90. The Morgan fingerprint density at radius 3 is 2.83 bits per heavy atom. The summed E-state index contributed by atoms with van der Waals surface area (Å²) in [7, 11) is 0. The quantitative estimate of drug-likeness (QED) is 0.791. The van der Waals surface area contributed by atoms with Gasteiger partial charge in [0.15, 0.2) is 0 Å². The van der Waals surface area contributed by atoms with Crippen LogP contribution in [0.25, 0.3) is 11.3 Å². The number of aliphatic hydroxyl groups excluding tert-OH is 1. The molecule has 0 saturated heterocycles. The largest absolute Gasteiger partial charge is 0.464 e. The minimum atomic E-state index is -0.681. The molecule has 1 heterocycles. The molecule has 2 aromatic rings. The van der Waals surface area contributed by atoms with Gasteiger partial charge in [0.25, 0.3) is 0 Å². The van der Waals surface area contributed by atoms with E-state index in [1.807, 2.05) is 0 Å². The van der Waals surface area contributed by atoms with Crippen molar-refractivity contribution in [2.24, 2.45) is 5.92 Å². The number of anilines is 1. The van der Waals surface area contributed by atoms with Crippen LogP contribution in [0.1, 0.15) is 19.8 Å². The van der Waals surface area contributed by atoms with Gasteiger partial charge >= 0.3 is 6.03 Å². The lowest BCUT2D eigenvalue weighted by atomic mass is 9.97. The van der Waals surface area contributed by atoms with Crippen LogP contribution in [0.3, 0.4) is 0 Å². The molecule has 0 bridgehead atoms. The summed E-state index contributed by atoms with van der Waals surface area (Å²) in [6, 6.07) is 7.33. The van der Waals surface area contributed by atoms with E-state index < -0.39 is 17.4 Å². The Hall–Kier alpha value is -2.34. The fourth-order valence-corrected chi connectivity index (χ4v) is 2.62. The number of nitrogens with one attached hydrogen (secondary N) is 2. The molecule has 5 nitrogen and oxygen atoms in total. The number of carbonyl (C=O) groups is 1. The van der Waals surface area contributed by atoms with Gasteiger partial charge in [0.1, 0.15) is 11.6 Å². The molecular weight excluding hydrogens is 299 g/mol. The molecule has 0 radical (unpaired) electrons. The molecule has 3 N–H and O–H groups in total. The molecular formula is C17H19FN2O3. The second-order valence-electron chi connectivity index (χ2n) is 6.10. The van der Waals surface area contributed by atoms with Crippen LogP contribution in [-0.4, -0.2) is 23.3 Å². The second-order valence-corrected chi connectivity index (χ2v) is 6.10. The van der Waals surface area contributed by atoms with Crippen LogP contribution in [0, 0.1) is 11.7 Å². The highest BCUT2D eigenvalue weighted by Gasteiger charge is 2.42. The normalized spacial score (nSPS) is 16.7. The van der Waals surface area contributed by atoms with E-state index in [0.717, 1.165) is 12.8 Å². The van der Waals surface area contributed by atoms with Crippen LogP contribution in [0.5, 0.6) is 0 Å². The zero-order chi connectivity index (χ0) is 16.4. The average molecular weight is 318 g/mol. The van der Waals surface area contributed by atoms with Gasteiger partial charge in [-0.3, -0.25) is 0 Å². The zero-order valence-electron chi connectivity index (χ0n) is 12.8. The molecule has 1 aromatic carbocycles. The Morgan fingerprint density at radius 2 is 2.22 bits per heavy atom. The number of halogens is 1. The van der Waals surface area contributed by atoms with E-state index in [1.54, 1.807) is 25.1 Å². The van der Waals surface area contributed by atoms with E-state index >= 15 is 0 Å². The first kappa shape index (κ1) is 15.6. The van der Waals surface area contributed by atoms with Crippen LogP contribution in [0.15, 0.2) is 41.0 Å². The lowest BCUT2D eigenvalue weighted by molar-refractivity contribution is 0.159. The van der Waals surface area contributed by atoms with Gasteiger partial charge in [-0.05, 0) is 56.0 Å². The molecule has 1 aliphatic rings. The molecule has 122 valence electrons. The highest BCUT2D eigenvalue weighted by Crippen LogP contribution is 2.39. The van der Waals surface area contributed by atoms with E-state index in [1.165, 1.54) is 18.4 Å². The van der Waals surface area contributed by atoms with Gasteiger partial charge in [0, 0.05) is 5.56 Å². The van der Waals surface area contributed by atoms with Gasteiger partial charge in [-0.2, -0.15) is 0 Å². The van der Waals surface area contributed by atoms with Gasteiger partial charge in [0.05, 0.1) is 24.1 Å². The lowest BCUT2D eigenvalue weighted by Gasteiger charge is -2.28. The number of rotatable bonds is 5. The van der Waals surface area contributed by atoms with Crippen molar-refractivity contribution in [3.8, 4) is 11.3 Å². The van der Waals surface area contributed by atoms with Crippen LogP contribution in [0.4, 0.5) is 14.9 Å². The van der Waals surface area contributed by atoms with Crippen molar-refractivity contribution in [2.45, 2.75) is 25.3 Å². The van der Waals surface area contributed by atoms with E-state index in [9.17, 15) is 14.3 Å². The average Bonchev–Trinajstić information content (AvgIpc) is 3.26. The summed E-state index contributed by atoms with van der Waals surface area (Å²) >= 11 is 0. The van der Waals surface area contributed by atoms with E-state index in [0.29, 0.717) is 11.3 Å². The highest BCUT2D eigenvalue weighted by atomic mass is 19.1. The smallest absolute Gasteiger partial charge is 0.319 e. The van der Waals surface area contributed by atoms with Crippen LogP contribution in [0.2, 0.25) is 0 Å². The Balaban J connectivity index is 1.74. The van der Waals surface area contributed by atoms with Crippen molar-refractivity contribution in [1.29, 1.82) is 0 Å². The van der Waals surface area contributed by atoms with Crippen molar-refractivity contribution >= 4 is 11.7 Å².